The van der Waals surface area contributed by atoms with Crippen molar-refractivity contribution >= 4 is 45.7 Å². The minimum atomic E-state index is -1.44. The van der Waals surface area contributed by atoms with Crippen molar-refractivity contribution in [1.82, 2.24) is 9.47 Å². The Morgan fingerprint density at radius 2 is 1.75 bits per heavy atom. The second kappa shape index (κ2) is 12.1. The molecule has 1 saturated heterocycles. The average molecular weight is 622 g/mol. The quantitative estimate of drug-likeness (QED) is 0.282. The van der Waals surface area contributed by atoms with E-state index in [4.69, 9.17) is 21.1 Å². The number of carbonyl (C=O) groups excluding carboxylic acids is 1. The van der Waals surface area contributed by atoms with Gasteiger partial charge in [0.2, 0.25) is 5.43 Å². The number of piperazine rings is 1. The number of nitrogens with zero attached hydrogens (tertiary/aromatic N) is 3. The van der Waals surface area contributed by atoms with Gasteiger partial charge in [0.05, 0.1) is 11.2 Å². The van der Waals surface area contributed by atoms with Crippen LogP contribution in [0.2, 0.25) is 5.02 Å². The number of esters is 1. The van der Waals surface area contributed by atoms with Crippen molar-refractivity contribution < 1.29 is 33.0 Å². The van der Waals surface area contributed by atoms with Gasteiger partial charge in [-0.15, -0.1) is 0 Å². The first-order valence-electron chi connectivity index (χ1n) is 13.8. The van der Waals surface area contributed by atoms with Gasteiger partial charge in [-0.25, -0.2) is 18.4 Å². The van der Waals surface area contributed by atoms with Gasteiger partial charge in [0, 0.05) is 55.0 Å². The zero-order valence-electron chi connectivity index (χ0n) is 23.3. The molecule has 3 heterocycles. The van der Waals surface area contributed by atoms with Crippen molar-refractivity contribution in [1.29, 1.82) is 0 Å². The summed E-state index contributed by atoms with van der Waals surface area (Å²) in [6, 6.07) is 14.9. The zero-order valence-corrected chi connectivity index (χ0v) is 24.0. The molecule has 0 bridgehead atoms. The molecule has 0 spiro atoms. The van der Waals surface area contributed by atoms with E-state index in [0.29, 0.717) is 72.5 Å². The molecule has 0 unspecified atom stereocenters. The Hall–Kier alpha value is -4.74. The highest BCUT2D eigenvalue weighted by Crippen LogP contribution is 2.30. The monoisotopic (exact) mass is 621 g/mol. The number of halogens is 3. The van der Waals surface area contributed by atoms with Gasteiger partial charge < -0.3 is 24.0 Å². The van der Waals surface area contributed by atoms with Crippen molar-refractivity contribution in [3.8, 4) is 5.69 Å². The molecule has 3 aromatic carbocycles. The van der Waals surface area contributed by atoms with Crippen molar-refractivity contribution in [2.75, 3.05) is 50.8 Å². The lowest BCUT2D eigenvalue weighted by Gasteiger charge is -2.36. The molecule has 1 N–H and O–H groups in total. The molecule has 226 valence electrons. The van der Waals surface area contributed by atoms with Gasteiger partial charge in [-0.3, -0.25) is 9.69 Å². The van der Waals surface area contributed by atoms with Crippen LogP contribution < -0.4 is 10.3 Å². The van der Waals surface area contributed by atoms with Crippen LogP contribution in [0.15, 0.2) is 77.4 Å². The first-order chi connectivity index (χ1) is 21.2. The van der Waals surface area contributed by atoms with E-state index < -0.39 is 34.6 Å². The van der Waals surface area contributed by atoms with Crippen LogP contribution in [0.1, 0.15) is 15.9 Å². The first kappa shape index (κ1) is 29.3. The van der Waals surface area contributed by atoms with Crippen LogP contribution in [-0.2, 0) is 14.3 Å². The van der Waals surface area contributed by atoms with Crippen molar-refractivity contribution in [3.63, 3.8) is 0 Å². The second-order valence-electron chi connectivity index (χ2n) is 10.4. The number of benzene rings is 3. The SMILES string of the molecule is O=C1OCC(OCCN2CCN(c3cc4c(cc3F)c(=O)c(C(=O)O)cn4-c3ccc(F)cc3)CC2)=C1c1cccc(Cl)c1. The summed E-state index contributed by atoms with van der Waals surface area (Å²) in [5.74, 6) is -2.58. The summed E-state index contributed by atoms with van der Waals surface area (Å²) in [6.45, 7) is 3.08. The van der Waals surface area contributed by atoms with Crippen LogP contribution >= 0.6 is 11.6 Å². The molecule has 1 aromatic heterocycles. The van der Waals surface area contributed by atoms with Gasteiger partial charge in [0.25, 0.3) is 0 Å². The Morgan fingerprint density at radius 1 is 1.00 bits per heavy atom. The van der Waals surface area contributed by atoms with E-state index in [1.165, 1.54) is 41.1 Å². The van der Waals surface area contributed by atoms with Gasteiger partial charge in [0.15, 0.2) is 0 Å². The number of hydrogen-bond donors (Lipinski definition) is 1. The highest BCUT2D eigenvalue weighted by molar-refractivity contribution is 6.31. The largest absolute Gasteiger partial charge is 0.492 e. The third-order valence-electron chi connectivity index (χ3n) is 7.73. The summed E-state index contributed by atoms with van der Waals surface area (Å²) >= 11 is 6.09. The molecular weight excluding hydrogens is 596 g/mol. The van der Waals surface area contributed by atoms with Crippen molar-refractivity contribution in [2.45, 2.75) is 0 Å². The predicted molar refractivity (Wildman–Crippen MR) is 160 cm³/mol. The number of cyclic esters (lactones) is 1. The normalized spacial score (nSPS) is 15.6. The van der Waals surface area contributed by atoms with Crippen molar-refractivity contribution in [3.05, 3.63) is 111 Å². The third-order valence-corrected chi connectivity index (χ3v) is 7.97. The lowest BCUT2D eigenvalue weighted by molar-refractivity contribution is -0.134. The Kier molecular flexibility index (Phi) is 8.07. The number of aromatic carboxylic acids is 1. The van der Waals surface area contributed by atoms with Crippen LogP contribution in [-0.4, -0.2) is 72.4 Å². The molecule has 12 heteroatoms. The number of fused-ring (bicyclic) bond motifs is 1. The Bertz CT molecular complexity index is 1870. The third kappa shape index (κ3) is 5.76. The Morgan fingerprint density at radius 3 is 2.45 bits per heavy atom. The Labute approximate surface area is 255 Å². The maximum absolute atomic E-state index is 15.4. The summed E-state index contributed by atoms with van der Waals surface area (Å²) in [7, 11) is 0. The van der Waals surface area contributed by atoms with Gasteiger partial charge in [-0.2, -0.15) is 0 Å². The fraction of sp³-hybridized carbons (Fsp3) is 0.219. The van der Waals surface area contributed by atoms with Gasteiger partial charge in [-0.1, -0.05) is 23.7 Å². The summed E-state index contributed by atoms with van der Waals surface area (Å²) in [4.78, 5) is 41.0. The summed E-state index contributed by atoms with van der Waals surface area (Å²) in [6.07, 6.45) is 1.18. The standard InChI is InChI=1S/C32H26ClF2N3O6/c33-20-3-1-2-19(14-20)29-28(18-44-32(29)42)43-13-12-36-8-10-37(11-9-36)27-16-26-23(15-25(27)35)30(39)24(31(40)41)17-38(26)22-6-4-21(34)5-7-22/h1-7,14-17H,8-13,18H2,(H,40,41). The van der Waals surface area contributed by atoms with Crippen molar-refractivity contribution in [2.24, 2.45) is 0 Å². The number of rotatable bonds is 8. The number of carboxylic acids is 1. The van der Waals surface area contributed by atoms with Crippen LogP contribution in [0.25, 0.3) is 22.2 Å². The minimum absolute atomic E-state index is 0.0483. The Balaban J connectivity index is 1.18. The molecule has 0 amide bonds. The van der Waals surface area contributed by atoms with Gasteiger partial charge in [0.1, 0.15) is 41.7 Å². The number of carboxylic acid groups (broad SMARTS) is 1. The summed E-state index contributed by atoms with van der Waals surface area (Å²) in [5.41, 5.74) is 0.659. The number of anilines is 1. The second-order valence-corrected chi connectivity index (χ2v) is 10.8. The molecule has 9 nitrogen and oxygen atoms in total. The molecule has 0 atom stereocenters. The number of carbonyl (C=O) groups is 2. The van der Waals surface area contributed by atoms with E-state index in [9.17, 15) is 23.9 Å². The van der Waals surface area contributed by atoms with E-state index >= 15 is 4.39 Å². The number of hydrogen-bond acceptors (Lipinski definition) is 7. The first-order valence-corrected chi connectivity index (χ1v) is 14.2. The molecule has 0 aliphatic carbocycles. The zero-order chi connectivity index (χ0) is 31.0. The molecule has 0 saturated carbocycles. The maximum Gasteiger partial charge on any atom is 0.342 e. The topological polar surface area (TPSA) is 101 Å². The average Bonchev–Trinajstić information content (AvgIpc) is 3.38. The maximum atomic E-state index is 15.4. The van der Waals surface area contributed by atoms with E-state index in [2.05, 4.69) is 4.90 Å². The van der Waals surface area contributed by atoms with Crippen LogP contribution in [0.3, 0.4) is 0 Å². The van der Waals surface area contributed by atoms with E-state index in [-0.39, 0.29) is 17.7 Å². The highest BCUT2D eigenvalue weighted by atomic mass is 35.5. The van der Waals surface area contributed by atoms with E-state index in [0.717, 1.165) is 6.07 Å². The fourth-order valence-corrected chi connectivity index (χ4v) is 5.67. The van der Waals surface area contributed by atoms with Crippen LogP contribution in [0, 0.1) is 11.6 Å². The molecule has 2 aliphatic heterocycles. The molecule has 44 heavy (non-hydrogen) atoms. The van der Waals surface area contributed by atoms with E-state index in [1.54, 1.807) is 24.3 Å². The van der Waals surface area contributed by atoms with Crippen LogP contribution in [0.5, 0.6) is 0 Å². The molecule has 6 rings (SSSR count). The molecule has 0 radical (unpaired) electrons. The summed E-state index contributed by atoms with van der Waals surface area (Å²) in [5, 5.41) is 9.99. The molecular formula is C32H26ClF2N3O6. The molecule has 2 aliphatic rings. The smallest absolute Gasteiger partial charge is 0.342 e. The summed E-state index contributed by atoms with van der Waals surface area (Å²) < 4.78 is 41.6. The minimum Gasteiger partial charge on any atom is -0.492 e. The number of pyridine rings is 1. The van der Waals surface area contributed by atoms with E-state index in [1.807, 2.05) is 4.90 Å². The van der Waals surface area contributed by atoms with Gasteiger partial charge in [-0.05, 0) is 54.1 Å². The van der Waals surface area contributed by atoms with Crippen LogP contribution in [0.4, 0.5) is 14.5 Å². The van der Waals surface area contributed by atoms with Gasteiger partial charge >= 0.3 is 11.9 Å². The lowest BCUT2D eigenvalue weighted by Crippen LogP contribution is -2.47. The molecule has 1 fully saturated rings. The lowest BCUT2D eigenvalue weighted by atomic mass is 10.1. The fourth-order valence-electron chi connectivity index (χ4n) is 5.48. The molecule has 4 aromatic rings. The predicted octanol–water partition coefficient (Wildman–Crippen LogP) is 4.73. The number of aromatic nitrogens is 1. The highest BCUT2D eigenvalue weighted by Gasteiger charge is 2.29. The number of ether oxygens (including phenoxy) is 2.